The van der Waals surface area contributed by atoms with Crippen LogP contribution in [0.2, 0.25) is 0 Å². The van der Waals surface area contributed by atoms with Crippen LogP contribution in [0.1, 0.15) is 18.9 Å². The van der Waals surface area contributed by atoms with Gasteiger partial charge in [0.2, 0.25) is 0 Å². The van der Waals surface area contributed by atoms with Crippen LogP contribution in [0.4, 0.5) is 0 Å². The van der Waals surface area contributed by atoms with Gasteiger partial charge in [0.15, 0.2) is 0 Å². The molecule has 4 heteroatoms. The summed E-state index contributed by atoms with van der Waals surface area (Å²) in [5, 5.41) is 37.1. The highest BCUT2D eigenvalue weighted by molar-refractivity contribution is 5.43. The van der Waals surface area contributed by atoms with Gasteiger partial charge in [-0.15, -0.1) is 0 Å². The summed E-state index contributed by atoms with van der Waals surface area (Å²) >= 11 is 0. The second-order valence-corrected chi connectivity index (χ2v) is 3.89. The molecule has 1 rings (SSSR count). The molecule has 0 aromatic heterocycles. The van der Waals surface area contributed by atoms with E-state index in [0.717, 1.165) is 0 Å². The van der Waals surface area contributed by atoms with E-state index in [1.165, 1.54) is 18.2 Å². The molecule has 0 amide bonds. The zero-order valence-electron chi connectivity index (χ0n) is 8.64. The molecule has 4 N–H and O–H groups in total. The summed E-state index contributed by atoms with van der Waals surface area (Å²) in [6.07, 6.45) is 0.320. The SMILES string of the molecule is CC(CO)(CCO)c1cc(O)ccc1O. The molecule has 0 saturated carbocycles. The standard InChI is InChI=1S/C11H16O4/c1-11(7-13,4-5-12)9-6-8(14)2-3-10(9)15/h2-3,6,12-15H,4-5,7H2,1H3. The second kappa shape index (κ2) is 4.51. The lowest BCUT2D eigenvalue weighted by molar-refractivity contribution is 0.161. The Labute approximate surface area is 88.4 Å². The summed E-state index contributed by atoms with van der Waals surface area (Å²) in [4.78, 5) is 0. The van der Waals surface area contributed by atoms with Crippen molar-refractivity contribution >= 4 is 0 Å². The van der Waals surface area contributed by atoms with Gasteiger partial charge in [-0.25, -0.2) is 0 Å². The topological polar surface area (TPSA) is 80.9 Å². The zero-order chi connectivity index (χ0) is 11.5. The largest absolute Gasteiger partial charge is 0.508 e. The lowest BCUT2D eigenvalue weighted by atomic mass is 9.80. The van der Waals surface area contributed by atoms with Crippen molar-refractivity contribution < 1.29 is 20.4 Å². The van der Waals surface area contributed by atoms with Gasteiger partial charge in [0.05, 0.1) is 6.61 Å². The number of rotatable bonds is 4. The Morgan fingerprint density at radius 2 is 1.87 bits per heavy atom. The fourth-order valence-corrected chi connectivity index (χ4v) is 1.55. The van der Waals surface area contributed by atoms with Crippen molar-refractivity contribution in [3.8, 4) is 11.5 Å². The van der Waals surface area contributed by atoms with Crippen molar-refractivity contribution in [2.75, 3.05) is 13.2 Å². The Kier molecular flexibility index (Phi) is 3.55. The van der Waals surface area contributed by atoms with Gasteiger partial charge in [0, 0.05) is 17.6 Å². The number of aliphatic hydroxyl groups excluding tert-OH is 2. The molecule has 1 aromatic rings. The summed E-state index contributed by atoms with van der Waals surface area (Å²) in [6.45, 7) is 1.43. The van der Waals surface area contributed by atoms with Gasteiger partial charge in [-0.05, 0) is 24.6 Å². The molecular formula is C11H16O4. The highest BCUT2D eigenvalue weighted by atomic mass is 16.3. The average molecular weight is 212 g/mol. The normalized spacial score (nSPS) is 14.9. The van der Waals surface area contributed by atoms with Gasteiger partial charge >= 0.3 is 0 Å². The third-order valence-electron chi connectivity index (χ3n) is 2.64. The fraction of sp³-hybridized carbons (Fsp3) is 0.455. The highest BCUT2D eigenvalue weighted by Gasteiger charge is 2.28. The molecule has 0 bridgehead atoms. The Morgan fingerprint density at radius 1 is 1.20 bits per heavy atom. The van der Waals surface area contributed by atoms with Crippen molar-refractivity contribution in [2.45, 2.75) is 18.8 Å². The zero-order valence-corrected chi connectivity index (χ0v) is 8.64. The van der Waals surface area contributed by atoms with Gasteiger partial charge < -0.3 is 20.4 Å². The van der Waals surface area contributed by atoms with E-state index >= 15 is 0 Å². The third-order valence-corrected chi connectivity index (χ3v) is 2.64. The smallest absolute Gasteiger partial charge is 0.119 e. The van der Waals surface area contributed by atoms with Crippen LogP contribution in [0, 0.1) is 0 Å². The molecular weight excluding hydrogens is 196 g/mol. The Morgan fingerprint density at radius 3 is 2.40 bits per heavy atom. The van der Waals surface area contributed by atoms with Crippen LogP contribution >= 0.6 is 0 Å². The molecule has 0 aliphatic carbocycles. The molecule has 15 heavy (non-hydrogen) atoms. The highest BCUT2D eigenvalue weighted by Crippen LogP contribution is 2.35. The van der Waals surface area contributed by atoms with E-state index in [0.29, 0.717) is 12.0 Å². The number of aliphatic hydroxyl groups is 2. The number of hydrogen-bond acceptors (Lipinski definition) is 4. The summed E-state index contributed by atoms with van der Waals surface area (Å²) in [7, 11) is 0. The lowest BCUT2D eigenvalue weighted by Crippen LogP contribution is -2.28. The monoisotopic (exact) mass is 212 g/mol. The average Bonchev–Trinajstić information content (AvgIpc) is 2.22. The fourth-order valence-electron chi connectivity index (χ4n) is 1.55. The maximum absolute atomic E-state index is 9.62. The minimum absolute atomic E-state index is 0.0119. The Balaban J connectivity index is 3.16. The van der Waals surface area contributed by atoms with Crippen molar-refractivity contribution in [1.82, 2.24) is 0 Å². The van der Waals surface area contributed by atoms with Crippen molar-refractivity contribution in [2.24, 2.45) is 0 Å². The van der Waals surface area contributed by atoms with Gasteiger partial charge in [0.1, 0.15) is 11.5 Å². The van der Waals surface area contributed by atoms with Crippen molar-refractivity contribution in [1.29, 1.82) is 0 Å². The minimum Gasteiger partial charge on any atom is -0.508 e. The van der Waals surface area contributed by atoms with E-state index in [1.807, 2.05) is 0 Å². The van der Waals surface area contributed by atoms with Crippen molar-refractivity contribution in [3.63, 3.8) is 0 Å². The minimum atomic E-state index is -0.739. The first-order chi connectivity index (χ1) is 7.03. The molecule has 0 saturated heterocycles. The number of benzene rings is 1. The van der Waals surface area contributed by atoms with Crippen LogP contribution in [-0.4, -0.2) is 33.6 Å². The first kappa shape index (κ1) is 11.8. The Bertz CT molecular complexity index is 337. The van der Waals surface area contributed by atoms with Crippen LogP contribution in [0.25, 0.3) is 0 Å². The molecule has 0 aliphatic rings. The van der Waals surface area contributed by atoms with Crippen LogP contribution in [0.15, 0.2) is 18.2 Å². The molecule has 84 valence electrons. The molecule has 0 spiro atoms. The molecule has 0 aliphatic heterocycles. The summed E-state index contributed by atoms with van der Waals surface area (Å²) < 4.78 is 0. The van der Waals surface area contributed by atoms with Crippen LogP contribution in [0.5, 0.6) is 11.5 Å². The maximum Gasteiger partial charge on any atom is 0.119 e. The molecule has 1 unspecified atom stereocenters. The van der Waals surface area contributed by atoms with Gasteiger partial charge in [-0.2, -0.15) is 0 Å². The molecule has 0 radical (unpaired) electrons. The molecule has 0 fully saturated rings. The van der Waals surface area contributed by atoms with E-state index in [1.54, 1.807) is 6.92 Å². The lowest BCUT2D eigenvalue weighted by Gasteiger charge is -2.27. The number of phenols is 2. The summed E-state index contributed by atoms with van der Waals surface area (Å²) in [6, 6.07) is 4.15. The number of aromatic hydroxyl groups is 2. The number of hydrogen-bond donors (Lipinski definition) is 4. The molecule has 1 aromatic carbocycles. The van der Waals surface area contributed by atoms with E-state index < -0.39 is 5.41 Å². The second-order valence-electron chi connectivity index (χ2n) is 3.89. The first-order valence-corrected chi connectivity index (χ1v) is 4.77. The molecule has 1 atom stereocenters. The predicted octanol–water partition coefficient (Wildman–Crippen LogP) is 0.730. The van der Waals surface area contributed by atoms with Crippen LogP contribution in [0.3, 0.4) is 0 Å². The quantitative estimate of drug-likeness (QED) is 0.555. The summed E-state index contributed by atoms with van der Waals surface area (Å²) in [5.41, 5.74) is -0.295. The van der Waals surface area contributed by atoms with Gasteiger partial charge in [0.25, 0.3) is 0 Å². The van der Waals surface area contributed by atoms with Crippen LogP contribution in [-0.2, 0) is 5.41 Å². The van der Waals surface area contributed by atoms with E-state index in [4.69, 9.17) is 5.11 Å². The van der Waals surface area contributed by atoms with Crippen molar-refractivity contribution in [3.05, 3.63) is 23.8 Å². The van der Waals surface area contributed by atoms with Gasteiger partial charge in [-0.1, -0.05) is 6.92 Å². The number of phenolic OH excluding ortho intramolecular Hbond substituents is 2. The maximum atomic E-state index is 9.62. The van der Waals surface area contributed by atoms with E-state index in [2.05, 4.69) is 0 Å². The third kappa shape index (κ3) is 2.40. The molecule has 0 heterocycles. The Hall–Kier alpha value is -1.26. The van der Waals surface area contributed by atoms with Crippen LogP contribution < -0.4 is 0 Å². The van der Waals surface area contributed by atoms with Gasteiger partial charge in [-0.3, -0.25) is 0 Å². The molecule has 4 nitrogen and oxygen atoms in total. The summed E-state index contributed by atoms with van der Waals surface area (Å²) in [5.74, 6) is 0.0400. The van der Waals surface area contributed by atoms with E-state index in [-0.39, 0.29) is 24.7 Å². The first-order valence-electron chi connectivity index (χ1n) is 4.77. The van der Waals surface area contributed by atoms with E-state index in [9.17, 15) is 15.3 Å². The predicted molar refractivity (Wildman–Crippen MR) is 55.9 cm³/mol.